The second-order valence-corrected chi connectivity index (χ2v) is 4.33. The van der Waals surface area contributed by atoms with Gasteiger partial charge < -0.3 is 10.4 Å². The van der Waals surface area contributed by atoms with Gasteiger partial charge in [0.25, 0.3) is 0 Å². The molecule has 0 fully saturated rings. The molecule has 0 aromatic carbocycles. The molecule has 1 atom stereocenters. The molecule has 5 heteroatoms. The van der Waals surface area contributed by atoms with E-state index in [9.17, 15) is 5.11 Å². The molecule has 1 aromatic heterocycles. The van der Waals surface area contributed by atoms with Crippen molar-refractivity contribution >= 4 is 5.95 Å². The molecule has 5 nitrogen and oxygen atoms in total. The molecule has 0 saturated carbocycles. The third-order valence-electron chi connectivity index (χ3n) is 3.15. The molecule has 1 unspecified atom stereocenters. The molecule has 0 amide bonds. The molecule has 17 heavy (non-hydrogen) atoms. The Morgan fingerprint density at radius 2 is 1.76 bits per heavy atom. The third kappa shape index (κ3) is 3.93. The maximum absolute atomic E-state index is 9.96. The average molecular weight is 238 g/mol. The van der Waals surface area contributed by atoms with Gasteiger partial charge in [0.2, 0.25) is 5.95 Å². The highest BCUT2D eigenvalue weighted by atomic mass is 16.3. The summed E-state index contributed by atoms with van der Waals surface area (Å²) in [6.45, 7) is 8.41. The molecule has 0 aliphatic heterocycles. The monoisotopic (exact) mass is 238 g/mol. The minimum absolute atomic E-state index is 0.321. The van der Waals surface area contributed by atoms with Gasteiger partial charge in [0.05, 0.1) is 17.5 Å². The third-order valence-corrected chi connectivity index (χ3v) is 3.15. The number of hydrogen-bond donors (Lipinski definition) is 2. The normalized spacial score (nSPS) is 12.8. The van der Waals surface area contributed by atoms with Crippen LogP contribution >= 0.6 is 0 Å². The first kappa shape index (κ1) is 13.8. The lowest BCUT2D eigenvalue weighted by atomic mass is 9.97. The second-order valence-electron chi connectivity index (χ2n) is 4.33. The highest BCUT2D eigenvalue weighted by molar-refractivity contribution is 5.24. The number of aliphatic hydroxyl groups excluding tert-OH is 1. The summed E-state index contributed by atoms with van der Waals surface area (Å²) in [6, 6.07) is 0. The van der Waals surface area contributed by atoms with Crippen LogP contribution < -0.4 is 5.32 Å². The van der Waals surface area contributed by atoms with Crippen LogP contribution in [0.2, 0.25) is 0 Å². The molecule has 1 rings (SSSR count). The Bertz CT molecular complexity index is 352. The van der Waals surface area contributed by atoms with Crippen molar-refractivity contribution in [3.63, 3.8) is 0 Å². The number of nitrogens with zero attached hydrogens (tertiary/aromatic N) is 3. The Morgan fingerprint density at radius 1 is 1.12 bits per heavy atom. The van der Waals surface area contributed by atoms with Crippen molar-refractivity contribution in [2.75, 3.05) is 11.9 Å². The summed E-state index contributed by atoms with van der Waals surface area (Å²) in [5.74, 6) is 0.806. The average Bonchev–Trinajstić information content (AvgIpc) is 2.32. The predicted molar refractivity (Wildman–Crippen MR) is 67.9 cm³/mol. The summed E-state index contributed by atoms with van der Waals surface area (Å²) in [6.07, 6.45) is 1.59. The van der Waals surface area contributed by atoms with Crippen molar-refractivity contribution in [1.29, 1.82) is 0 Å². The smallest absolute Gasteiger partial charge is 0.243 e. The number of rotatable bonds is 6. The van der Waals surface area contributed by atoms with Gasteiger partial charge >= 0.3 is 0 Å². The largest absolute Gasteiger partial charge is 0.391 e. The molecule has 0 aliphatic carbocycles. The maximum atomic E-state index is 9.96. The lowest BCUT2D eigenvalue weighted by Crippen LogP contribution is -2.28. The van der Waals surface area contributed by atoms with Gasteiger partial charge in [-0.25, -0.2) is 4.98 Å². The number of hydrogen-bond acceptors (Lipinski definition) is 5. The van der Waals surface area contributed by atoms with Crippen molar-refractivity contribution in [2.24, 2.45) is 5.92 Å². The zero-order valence-electron chi connectivity index (χ0n) is 11.1. The van der Waals surface area contributed by atoms with Crippen LogP contribution in [0.4, 0.5) is 5.95 Å². The van der Waals surface area contributed by atoms with Crippen LogP contribution in [0.25, 0.3) is 0 Å². The Labute approximate surface area is 103 Å². The van der Waals surface area contributed by atoms with Crippen molar-refractivity contribution in [3.8, 4) is 0 Å². The number of nitrogens with one attached hydrogen (secondary N) is 1. The van der Waals surface area contributed by atoms with E-state index in [0.29, 0.717) is 18.4 Å². The molecule has 1 heterocycles. The minimum atomic E-state index is -0.366. The highest BCUT2D eigenvalue weighted by Crippen LogP contribution is 2.13. The fraction of sp³-hybridized carbons (Fsp3) is 0.750. The van der Waals surface area contributed by atoms with E-state index in [2.05, 4.69) is 34.3 Å². The molecule has 2 N–H and O–H groups in total. The summed E-state index contributed by atoms with van der Waals surface area (Å²) in [5, 5.41) is 20.9. The maximum Gasteiger partial charge on any atom is 0.243 e. The van der Waals surface area contributed by atoms with Gasteiger partial charge in [0.1, 0.15) is 0 Å². The van der Waals surface area contributed by atoms with Crippen molar-refractivity contribution < 1.29 is 5.11 Å². The lowest BCUT2D eigenvalue weighted by Gasteiger charge is -2.20. The Morgan fingerprint density at radius 3 is 2.29 bits per heavy atom. The number of anilines is 1. The van der Waals surface area contributed by atoms with E-state index in [1.54, 1.807) is 0 Å². The molecule has 0 aliphatic rings. The van der Waals surface area contributed by atoms with Crippen LogP contribution in [-0.4, -0.2) is 32.9 Å². The Balaban J connectivity index is 2.52. The number of aliphatic hydroxyl groups is 1. The van der Waals surface area contributed by atoms with E-state index in [4.69, 9.17) is 0 Å². The molecule has 0 bridgehead atoms. The van der Waals surface area contributed by atoms with Gasteiger partial charge in [-0.1, -0.05) is 26.7 Å². The van der Waals surface area contributed by atoms with Crippen LogP contribution in [-0.2, 0) is 0 Å². The molecule has 0 radical (unpaired) electrons. The van der Waals surface area contributed by atoms with E-state index in [1.807, 2.05) is 13.8 Å². The van der Waals surface area contributed by atoms with Gasteiger partial charge in [-0.15, -0.1) is 5.10 Å². The first-order valence-electron chi connectivity index (χ1n) is 6.18. The number of aryl methyl sites for hydroxylation is 2. The van der Waals surface area contributed by atoms with Crippen LogP contribution in [0.1, 0.15) is 38.1 Å². The second kappa shape index (κ2) is 6.49. The molecule has 1 aromatic rings. The standard InChI is InChI=1S/C12H22N4O/c1-5-10(6-2)11(17)7-13-12-14-8(3)9(4)15-16-12/h10-11,17H,5-7H2,1-4H3,(H,13,14,16). The summed E-state index contributed by atoms with van der Waals surface area (Å²) in [5.41, 5.74) is 1.69. The van der Waals surface area contributed by atoms with Crippen LogP contribution in [0.15, 0.2) is 0 Å². The highest BCUT2D eigenvalue weighted by Gasteiger charge is 2.15. The molecule has 96 valence electrons. The van der Waals surface area contributed by atoms with Gasteiger partial charge in [0, 0.05) is 6.54 Å². The topological polar surface area (TPSA) is 70.9 Å². The Kier molecular flexibility index (Phi) is 5.28. The van der Waals surface area contributed by atoms with E-state index in [0.717, 1.165) is 24.2 Å². The van der Waals surface area contributed by atoms with Crippen LogP contribution in [0.5, 0.6) is 0 Å². The number of aromatic nitrogens is 3. The van der Waals surface area contributed by atoms with Gasteiger partial charge in [-0.2, -0.15) is 5.10 Å². The lowest BCUT2D eigenvalue weighted by molar-refractivity contribution is 0.114. The molecular weight excluding hydrogens is 216 g/mol. The van der Waals surface area contributed by atoms with Gasteiger partial charge in [0.15, 0.2) is 0 Å². The van der Waals surface area contributed by atoms with E-state index in [-0.39, 0.29) is 6.10 Å². The van der Waals surface area contributed by atoms with Crippen molar-refractivity contribution in [3.05, 3.63) is 11.4 Å². The summed E-state index contributed by atoms with van der Waals surface area (Å²) < 4.78 is 0. The molecule has 0 spiro atoms. The van der Waals surface area contributed by atoms with Crippen molar-refractivity contribution in [1.82, 2.24) is 15.2 Å². The summed E-state index contributed by atoms with van der Waals surface area (Å²) in [4.78, 5) is 4.26. The van der Waals surface area contributed by atoms with E-state index < -0.39 is 0 Å². The van der Waals surface area contributed by atoms with E-state index in [1.165, 1.54) is 0 Å². The first-order chi connectivity index (χ1) is 8.08. The van der Waals surface area contributed by atoms with Gasteiger partial charge in [-0.05, 0) is 19.8 Å². The van der Waals surface area contributed by atoms with Gasteiger partial charge in [-0.3, -0.25) is 0 Å². The zero-order valence-corrected chi connectivity index (χ0v) is 11.1. The minimum Gasteiger partial charge on any atom is -0.391 e. The quantitative estimate of drug-likeness (QED) is 0.789. The summed E-state index contributed by atoms with van der Waals surface area (Å²) >= 11 is 0. The molecular formula is C12H22N4O. The van der Waals surface area contributed by atoms with Crippen molar-refractivity contribution in [2.45, 2.75) is 46.6 Å². The predicted octanol–water partition coefficient (Wildman–Crippen LogP) is 1.70. The van der Waals surface area contributed by atoms with Crippen LogP contribution in [0.3, 0.4) is 0 Å². The fourth-order valence-electron chi connectivity index (χ4n) is 1.73. The fourth-order valence-corrected chi connectivity index (χ4v) is 1.73. The first-order valence-corrected chi connectivity index (χ1v) is 6.18. The van der Waals surface area contributed by atoms with E-state index >= 15 is 0 Å². The Hall–Kier alpha value is -1.23. The SMILES string of the molecule is CCC(CC)C(O)CNc1nnc(C)c(C)n1. The molecule has 0 saturated heterocycles. The summed E-state index contributed by atoms with van der Waals surface area (Å²) in [7, 11) is 0. The zero-order chi connectivity index (χ0) is 12.8. The van der Waals surface area contributed by atoms with Crippen LogP contribution in [0, 0.1) is 19.8 Å².